The van der Waals surface area contributed by atoms with Gasteiger partial charge in [-0.2, -0.15) is 0 Å². The second-order valence-electron chi connectivity index (χ2n) is 0.993. The molecule has 5 heavy (non-hydrogen) atoms. The third kappa shape index (κ3) is 4.48. The van der Waals surface area contributed by atoms with Crippen LogP contribution in [0, 0.1) is 0 Å². The Bertz CT molecular complexity index is 15.1. The molecular weight excluding hydrogens is 77.7 g/mol. The van der Waals surface area contributed by atoms with E-state index in [4.69, 9.17) is 0 Å². The number of rotatable bonds is 2. The van der Waals surface area contributed by atoms with Crippen LogP contribution in [0.2, 0.25) is 6.82 Å². The average Bonchev–Trinajstić information content (AvgIpc) is 1.41. The molecule has 3 heteroatoms. The first kappa shape index (κ1) is 5.48. The van der Waals surface area contributed by atoms with Gasteiger partial charge >= 0.3 is 0 Å². The van der Waals surface area contributed by atoms with E-state index in [0.29, 0.717) is 0 Å². The van der Waals surface area contributed by atoms with Gasteiger partial charge in [0.2, 0.25) is 0 Å². The predicted octanol–water partition coefficient (Wildman–Crippen LogP) is 0.100. The minimum absolute atomic E-state index is 1.31. The van der Waals surface area contributed by atoms with Crippen molar-refractivity contribution in [3.05, 3.63) is 0 Å². The van der Waals surface area contributed by atoms with Crippen LogP contribution in [0.15, 0.2) is 0 Å². The molecule has 28 valence electrons. The summed E-state index contributed by atoms with van der Waals surface area (Å²) in [7, 11) is 1.31. The van der Waals surface area contributed by atoms with Crippen LogP contribution in [0.25, 0.3) is 0 Å². The van der Waals surface area contributed by atoms with Crippen LogP contribution in [0.3, 0.4) is 0 Å². The van der Waals surface area contributed by atoms with Crippen molar-refractivity contribution in [3.63, 3.8) is 0 Å². The SMILES string of the molecule is CBBSC. The molecule has 0 N–H and O–H groups in total. The maximum absolute atomic E-state index is 2.19. The molecule has 0 saturated carbocycles. The Labute approximate surface area is 39.1 Å². The molecule has 0 aliphatic carbocycles. The van der Waals surface area contributed by atoms with Gasteiger partial charge in [-0.05, 0) is 6.26 Å². The van der Waals surface area contributed by atoms with Crippen molar-refractivity contribution in [1.29, 1.82) is 0 Å². The monoisotopic (exact) mass is 86.1 g/mol. The summed E-state index contributed by atoms with van der Waals surface area (Å²) in [5.41, 5.74) is 0. The first-order valence-electron chi connectivity index (χ1n) is 1.90. The maximum Gasteiger partial charge on any atom is 0.155 e. The van der Waals surface area contributed by atoms with E-state index in [1.54, 1.807) is 0 Å². The summed E-state index contributed by atoms with van der Waals surface area (Å²) in [4.78, 5) is 0. The Balaban J connectivity index is 2.19. The third-order valence-corrected chi connectivity index (χ3v) is 1.22. The van der Waals surface area contributed by atoms with Gasteiger partial charge in [0.25, 0.3) is 0 Å². The second kappa shape index (κ2) is 4.48. The van der Waals surface area contributed by atoms with Gasteiger partial charge in [0, 0.05) is 0 Å². The molecule has 0 rings (SSSR count). The van der Waals surface area contributed by atoms with Gasteiger partial charge in [0.05, 0.1) is 7.17 Å². The van der Waals surface area contributed by atoms with E-state index >= 15 is 0 Å². The highest BCUT2D eigenvalue weighted by Gasteiger charge is 1.76. The van der Waals surface area contributed by atoms with E-state index in [9.17, 15) is 0 Å². The summed E-state index contributed by atoms with van der Waals surface area (Å²) in [5, 5.41) is 0. The molecule has 0 saturated heterocycles. The fourth-order valence-corrected chi connectivity index (χ4v) is 0.612. The van der Waals surface area contributed by atoms with E-state index in [2.05, 4.69) is 13.1 Å². The molecule has 0 radical (unpaired) electrons. The van der Waals surface area contributed by atoms with Gasteiger partial charge in [-0.25, -0.2) is 11.6 Å². The van der Waals surface area contributed by atoms with Gasteiger partial charge in [0.15, 0.2) is 6.45 Å². The van der Waals surface area contributed by atoms with Crippen molar-refractivity contribution in [3.8, 4) is 0 Å². The van der Waals surface area contributed by atoms with Crippen LogP contribution in [0.5, 0.6) is 0 Å². The molecule has 0 aliphatic heterocycles. The van der Waals surface area contributed by atoms with Crippen molar-refractivity contribution in [2.45, 2.75) is 6.82 Å². The molecule has 0 bridgehead atoms. The minimum Gasteiger partial charge on any atom is -0.228 e. The normalized spacial score (nSPS) is 6.80. The molecule has 0 spiro atoms. The lowest BCUT2D eigenvalue weighted by molar-refractivity contribution is 2.37. The van der Waals surface area contributed by atoms with E-state index < -0.39 is 0 Å². The first-order valence-corrected chi connectivity index (χ1v) is 3.30. The lowest BCUT2D eigenvalue weighted by Gasteiger charge is -1.74. The van der Waals surface area contributed by atoms with E-state index in [1.165, 1.54) is 13.6 Å². The van der Waals surface area contributed by atoms with Gasteiger partial charge in [-0.3, -0.25) is 0 Å². The largest absolute Gasteiger partial charge is 0.228 e. The molecule has 0 aromatic rings. The van der Waals surface area contributed by atoms with Gasteiger partial charge < -0.3 is 0 Å². The lowest BCUT2D eigenvalue weighted by Crippen LogP contribution is -1.88. The van der Waals surface area contributed by atoms with Gasteiger partial charge in [0.1, 0.15) is 0 Å². The second-order valence-corrected chi connectivity index (χ2v) is 1.98. The number of hydrogen-bond donors (Lipinski definition) is 0. The van der Waals surface area contributed by atoms with Crippen LogP contribution >= 0.6 is 11.6 Å². The van der Waals surface area contributed by atoms with Crippen molar-refractivity contribution in [1.82, 2.24) is 0 Å². The van der Waals surface area contributed by atoms with Crippen molar-refractivity contribution < 1.29 is 0 Å². The Morgan fingerprint density at radius 3 is 2.20 bits per heavy atom. The van der Waals surface area contributed by atoms with Crippen molar-refractivity contribution in [2.24, 2.45) is 0 Å². The molecule has 0 heterocycles. The molecule has 0 atom stereocenters. The smallest absolute Gasteiger partial charge is 0.155 e. The topological polar surface area (TPSA) is 0 Å². The molecule has 0 unspecified atom stereocenters. The highest BCUT2D eigenvalue weighted by molar-refractivity contribution is 8.26. The molecule has 0 aromatic carbocycles. The summed E-state index contributed by atoms with van der Waals surface area (Å²) < 4.78 is 0. The van der Waals surface area contributed by atoms with Crippen LogP contribution in [-0.4, -0.2) is 19.9 Å². The molecule has 0 fully saturated rings. The highest BCUT2D eigenvalue weighted by Crippen LogP contribution is 1.80. The summed E-state index contributed by atoms with van der Waals surface area (Å²) in [6.07, 6.45) is 3.43. The van der Waals surface area contributed by atoms with Crippen molar-refractivity contribution >= 4 is 25.2 Å². The fraction of sp³-hybridized carbons (Fsp3) is 1.00. The summed E-state index contributed by atoms with van der Waals surface area (Å²) >= 11 is 1.90. The zero-order valence-electron chi connectivity index (χ0n) is 3.82. The molecule has 0 amide bonds. The van der Waals surface area contributed by atoms with E-state index in [0.717, 1.165) is 0 Å². The Morgan fingerprint density at radius 1 is 1.60 bits per heavy atom. The molecule has 0 aliphatic rings. The predicted molar refractivity (Wildman–Crippen MR) is 33.7 cm³/mol. The summed E-state index contributed by atoms with van der Waals surface area (Å²) in [6, 6.07) is 0. The Hall–Kier alpha value is 0.480. The summed E-state index contributed by atoms with van der Waals surface area (Å²) in [6.45, 7) is 2.19. The average molecular weight is 85.8 g/mol. The van der Waals surface area contributed by atoms with Gasteiger partial charge in [-0.15, -0.1) is 0 Å². The number of hydrogen-bond acceptors (Lipinski definition) is 1. The van der Waals surface area contributed by atoms with Crippen molar-refractivity contribution in [2.75, 3.05) is 6.26 Å². The van der Waals surface area contributed by atoms with E-state index in [-0.39, 0.29) is 0 Å². The summed E-state index contributed by atoms with van der Waals surface area (Å²) in [5.74, 6) is 0. The molecule has 0 aromatic heterocycles. The zero-order chi connectivity index (χ0) is 4.12. The third-order valence-electron chi connectivity index (χ3n) is 0.408. The highest BCUT2D eigenvalue weighted by atomic mass is 32.2. The van der Waals surface area contributed by atoms with Crippen LogP contribution in [0.1, 0.15) is 0 Å². The van der Waals surface area contributed by atoms with E-state index in [1.807, 2.05) is 11.6 Å². The Morgan fingerprint density at radius 2 is 2.20 bits per heavy atom. The first-order chi connectivity index (χ1) is 2.41. The fourth-order valence-electron chi connectivity index (χ4n) is 0.204. The lowest BCUT2D eigenvalue weighted by atomic mass is 9.57. The maximum atomic E-state index is 2.19. The van der Waals surface area contributed by atoms with Crippen LogP contribution in [-0.2, 0) is 0 Å². The quantitative estimate of drug-likeness (QED) is 0.429. The Kier molecular flexibility index (Phi) is 4.91. The molecule has 0 nitrogen and oxygen atoms in total. The zero-order valence-corrected chi connectivity index (χ0v) is 4.64. The minimum atomic E-state index is 1.31. The van der Waals surface area contributed by atoms with Gasteiger partial charge in [-0.1, -0.05) is 6.82 Å². The standard InChI is InChI=1S/C2H8B2S/c1-3-4-5-2/h3-4H,1-2H3. The van der Waals surface area contributed by atoms with Crippen LogP contribution < -0.4 is 0 Å². The molecular formula is C2H8B2S. The van der Waals surface area contributed by atoms with Crippen LogP contribution in [0.4, 0.5) is 0 Å².